The van der Waals surface area contributed by atoms with Crippen molar-refractivity contribution >= 4 is 11.8 Å². The topological polar surface area (TPSA) is 40.5 Å². The van der Waals surface area contributed by atoms with Gasteiger partial charge in [0.05, 0.1) is 5.41 Å². The highest BCUT2D eigenvalue weighted by molar-refractivity contribution is 8.03. The van der Waals surface area contributed by atoms with Crippen molar-refractivity contribution in [2.45, 2.75) is 52.2 Å². The Morgan fingerprint density at radius 3 is 1.87 bits per heavy atom. The highest BCUT2D eigenvalue weighted by Crippen LogP contribution is 2.61. The molecule has 0 radical (unpaired) electrons. The van der Waals surface area contributed by atoms with Gasteiger partial charge in [0.25, 0.3) is 0 Å². The molecule has 2 nitrogen and oxygen atoms in total. The summed E-state index contributed by atoms with van der Waals surface area (Å²) in [6, 6.07) is 10.2. The third kappa shape index (κ3) is 3.15. The van der Waals surface area contributed by atoms with Crippen LogP contribution in [-0.4, -0.2) is 16.0 Å². The van der Waals surface area contributed by atoms with Gasteiger partial charge in [0.1, 0.15) is 0 Å². The number of aliphatic hydroxyl groups is 2. The van der Waals surface area contributed by atoms with Gasteiger partial charge in [0, 0.05) is 9.80 Å². The third-order valence-corrected chi connectivity index (χ3v) is 5.76. The fraction of sp³-hybridized carbons (Fsp3) is 0.500. The zero-order chi connectivity index (χ0) is 17.5. The largest absolute Gasteiger partial charge is 0.362 e. The molecule has 0 aliphatic heterocycles. The molecule has 0 spiro atoms. The summed E-state index contributed by atoms with van der Waals surface area (Å²) in [6.07, 6.45) is 5.41. The Bertz CT molecular complexity index is 599. The minimum absolute atomic E-state index is 0.331. The second-order valence-corrected chi connectivity index (χ2v) is 9.48. The van der Waals surface area contributed by atoms with E-state index < -0.39 is 11.2 Å². The smallest absolute Gasteiger partial charge is 0.193 e. The summed E-state index contributed by atoms with van der Waals surface area (Å²) >= 11 is 1.65. The van der Waals surface area contributed by atoms with E-state index in [1.165, 1.54) is 6.08 Å². The van der Waals surface area contributed by atoms with Crippen LogP contribution in [0, 0.1) is 16.2 Å². The number of benzene rings is 1. The maximum absolute atomic E-state index is 10.9. The summed E-state index contributed by atoms with van der Waals surface area (Å²) in [7, 11) is 0. The summed E-state index contributed by atoms with van der Waals surface area (Å²) in [6.45, 7) is 12.4. The number of hydrogen-bond donors (Lipinski definition) is 2. The van der Waals surface area contributed by atoms with Crippen molar-refractivity contribution in [3.05, 3.63) is 53.5 Å². The second-order valence-electron chi connectivity index (χ2n) is 8.33. The van der Waals surface area contributed by atoms with E-state index in [2.05, 4.69) is 59.8 Å². The third-order valence-electron chi connectivity index (χ3n) is 4.76. The lowest BCUT2D eigenvalue weighted by atomic mass is 9.49. The molecule has 2 rings (SSSR count). The van der Waals surface area contributed by atoms with Crippen LogP contribution in [0.5, 0.6) is 0 Å². The van der Waals surface area contributed by atoms with Crippen molar-refractivity contribution in [1.82, 2.24) is 0 Å². The molecule has 1 aliphatic rings. The fourth-order valence-corrected chi connectivity index (χ4v) is 4.98. The summed E-state index contributed by atoms with van der Waals surface area (Å²) in [4.78, 5) is 2.18. The monoisotopic (exact) mass is 332 g/mol. The lowest BCUT2D eigenvalue weighted by Crippen LogP contribution is -2.61. The Labute approximate surface area is 144 Å². The predicted molar refractivity (Wildman–Crippen MR) is 98.0 cm³/mol. The van der Waals surface area contributed by atoms with Crippen LogP contribution in [0.2, 0.25) is 0 Å². The van der Waals surface area contributed by atoms with E-state index in [1.54, 1.807) is 11.8 Å². The Hall–Kier alpha value is -1.03. The van der Waals surface area contributed by atoms with Gasteiger partial charge in [0.15, 0.2) is 5.79 Å². The van der Waals surface area contributed by atoms with E-state index >= 15 is 0 Å². The lowest BCUT2D eigenvalue weighted by molar-refractivity contribution is -0.255. The average Bonchev–Trinajstić information content (AvgIpc) is 2.39. The average molecular weight is 333 g/mol. The molecule has 0 aromatic heterocycles. The van der Waals surface area contributed by atoms with Gasteiger partial charge in [-0.25, -0.2) is 0 Å². The lowest BCUT2D eigenvalue weighted by Gasteiger charge is -2.58. The van der Waals surface area contributed by atoms with Gasteiger partial charge in [-0.1, -0.05) is 77.6 Å². The minimum atomic E-state index is -1.88. The molecular weight excluding hydrogens is 304 g/mol. The van der Waals surface area contributed by atoms with Crippen molar-refractivity contribution < 1.29 is 10.2 Å². The van der Waals surface area contributed by atoms with Gasteiger partial charge < -0.3 is 10.2 Å². The molecule has 1 aromatic carbocycles. The maximum Gasteiger partial charge on any atom is 0.193 e. The summed E-state index contributed by atoms with van der Waals surface area (Å²) in [5, 5.41) is 21.7. The van der Waals surface area contributed by atoms with Gasteiger partial charge >= 0.3 is 0 Å². The Morgan fingerprint density at radius 2 is 1.39 bits per heavy atom. The number of rotatable bonds is 2. The summed E-state index contributed by atoms with van der Waals surface area (Å²) in [5.74, 6) is -1.88. The molecule has 0 atom stereocenters. The van der Waals surface area contributed by atoms with Crippen molar-refractivity contribution in [3.63, 3.8) is 0 Å². The molecule has 0 bridgehead atoms. The number of allylic oxidation sites excluding steroid dienone is 1. The Balaban J connectivity index is 2.56. The van der Waals surface area contributed by atoms with E-state index in [0.717, 1.165) is 9.80 Å². The predicted octanol–water partition coefficient (Wildman–Crippen LogP) is 4.99. The van der Waals surface area contributed by atoms with Crippen LogP contribution in [0.4, 0.5) is 0 Å². The molecule has 1 aliphatic carbocycles. The zero-order valence-corrected chi connectivity index (χ0v) is 15.7. The van der Waals surface area contributed by atoms with Gasteiger partial charge in [-0.15, -0.1) is 0 Å². The normalized spacial score (nSPS) is 20.3. The van der Waals surface area contributed by atoms with Crippen LogP contribution < -0.4 is 0 Å². The van der Waals surface area contributed by atoms with Gasteiger partial charge in [-0.05, 0) is 35.1 Å². The van der Waals surface area contributed by atoms with E-state index in [-0.39, 0.29) is 10.8 Å². The van der Waals surface area contributed by atoms with Crippen LogP contribution >= 0.6 is 11.8 Å². The summed E-state index contributed by atoms with van der Waals surface area (Å²) in [5.41, 5.74) is -1.47. The first kappa shape index (κ1) is 18.3. The SMILES string of the molecule is CC(C)(C)C1(C(C)(C)C)C=C(Sc2ccccc2)C=CC1(O)O. The van der Waals surface area contributed by atoms with Crippen molar-refractivity contribution in [2.75, 3.05) is 0 Å². The van der Waals surface area contributed by atoms with Crippen LogP contribution in [0.1, 0.15) is 41.5 Å². The van der Waals surface area contributed by atoms with Gasteiger partial charge in [-0.3, -0.25) is 0 Å². The van der Waals surface area contributed by atoms with Crippen molar-refractivity contribution in [3.8, 4) is 0 Å². The van der Waals surface area contributed by atoms with Crippen LogP contribution in [0.15, 0.2) is 58.4 Å². The molecule has 0 saturated heterocycles. The molecule has 126 valence electrons. The first-order valence-electron chi connectivity index (χ1n) is 8.00. The Kier molecular flexibility index (Phi) is 4.62. The highest BCUT2D eigenvalue weighted by Gasteiger charge is 2.61. The molecule has 1 aromatic rings. The van der Waals surface area contributed by atoms with Crippen LogP contribution in [0.25, 0.3) is 0 Å². The van der Waals surface area contributed by atoms with Gasteiger partial charge in [0.2, 0.25) is 0 Å². The second kappa shape index (κ2) is 5.80. The molecule has 3 heteroatoms. The molecule has 2 N–H and O–H groups in total. The molecule has 23 heavy (non-hydrogen) atoms. The summed E-state index contributed by atoms with van der Waals surface area (Å²) < 4.78 is 0. The molecule has 0 fully saturated rings. The molecule has 0 unspecified atom stereocenters. The van der Waals surface area contributed by atoms with E-state index in [1.807, 2.05) is 24.3 Å². The van der Waals surface area contributed by atoms with Crippen LogP contribution in [0.3, 0.4) is 0 Å². The van der Waals surface area contributed by atoms with Gasteiger partial charge in [-0.2, -0.15) is 0 Å². The van der Waals surface area contributed by atoms with Crippen molar-refractivity contribution in [1.29, 1.82) is 0 Å². The number of thioether (sulfide) groups is 1. The van der Waals surface area contributed by atoms with E-state index in [4.69, 9.17) is 0 Å². The fourth-order valence-electron chi connectivity index (χ4n) is 4.05. The molecular formula is C20H28O2S. The molecule has 0 amide bonds. The first-order chi connectivity index (χ1) is 10.4. The maximum atomic E-state index is 10.9. The van der Waals surface area contributed by atoms with Crippen LogP contribution in [-0.2, 0) is 0 Å². The van der Waals surface area contributed by atoms with E-state index in [9.17, 15) is 10.2 Å². The minimum Gasteiger partial charge on any atom is -0.362 e. The van der Waals surface area contributed by atoms with E-state index in [0.29, 0.717) is 0 Å². The number of hydrogen-bond acceptors (Lipinski definition) is 3. The Morgan fingerprint density at radius 1 is 0.870 bits per heavy atom. The quantitative estimate of drug-likeness (QED) is 0.749. The van der Waals surface area contributed by atoms with Crippen molar-refractivity contribution in [2.24, 2.45) is 16.2 Å². The zero-order valence-electron chi connectivity index (χ0n) is 14.9. The standard InChI is InChI=1S/C20H28O2S/c1-17(2,3)19(18(4,5)6)14-16(12-13-20(19,21)22)23-15-10-8-7-9-11-15/h7-14,21-22H,1-6H3. The first-order valence-corrected chi connectivity index (χ1v) is 8.82. The molecule has 0 saturated carbocycles. The highest BCUT2D eigenvalue weighted by atomic mass is 32.2. The molecule has 0 heterocycles.